The van der Waals surface area contributed by atoms with Crippen LogP contribution < -0.4 is 10.5 Å². The number of anilines is 1. The van der Waals surface area contributed by atoms with E-state index in [1.54, 1.807) is 0 Å². The predicted octanol–water partition coefficient (Wildman–Crippen LogP) is 2.76. The molecule has 1 aliphatic heterocycles. The van der Waals surface area contributed by atoms with Crippen molar-refractivity contribution in [3.8, 4) is 5.75 Å². The third kappa shape index (κ3) is 3.01. The molecule has 1 aliphatic rings. The summed E-state index contributed by atoms with van der Waals surface area (Å²) in [6.45, 7) is 8.42. The summed E-state index contributed by atoms with van der Waals surface area (Å²) in [6, 6.07) is 3.94. The first kappa shape index (κ1) is 14.2. The van der Waals surface area contributed by atoms with Gasteiger partial charge in [0.15, 0.2) is 6.79 Å². The number of nitrogens with zero attached hydrogens (tertiary/aromatic N) is 1. The Morgan fingerprint density at radius 3 is 2.79 bits per heavy atom. The molecule has 0 atom stereocenters. The van der Waals surface area contributed by atoms with Gasteiger partial charge in [0.2, 0.25) is 0 Å². The van der Waals surface area contributed by atoms with E-state index in [-0.39, 0.29) is 5.54 Å². The fourth-order valence-electron chi connectivity index (χ4n) is 2.18. The summed E-state index contributed by atoms with van der Waals surface area (Å²) in [5.74, 6) is 0.944. The van der Waals surface area contributed by atoms with Crippen LogP contribution in [0.25, 0.3) is 0 Å². The van der Waals surface area contributed by atoms with Crippen LogP contribution in [0.1, 0.15) is 38.3 Å². The second-order valence-electron chi connectivity index (χ2n) is 5.80. The minimum Gasteiger partial charge on any atom is -0.467 e. The monoisotopic (exact) mass is 264 g/mol. The SMILES string of the molecule is CCC(C)(C)N(C)Cc1cc(N)cc2c1OCOC2. The van der Waals surface area contributed by atoms with Gasteiger partial charge in [-0.1, -0.05) is 6.92 Å². The minimum atomic E-state index is 0.155. The van der Waals surface area contributed by atoms with Crippen LogP contribution in [0, 0.1) is 0 Å². The Bertz CT molecular complexity index is 458. The normalized spacial score (nSPS) is 15.2. The molecule has 0 unspecified atom stereocenters. The van der Waals surface area contributed by atoms with E-state index in [1.807, 2.05) is 12.1 Å². The van der Waals surface area contributed by atoms with Crippen molar-refractivity contribution < 1.29 is 9.47 Å². The quantitative estimate of drug-likeness (QED) is 0.849. The van der Waals surface area contributed by atoms with Gasteiger partial charge in [0.25, 0.3) is 0 Å². The zero-order chi connectivity index (χ0) is 14.0. The van der Waals surface area contributed by atoms with Crippen LogP contribution >= 0.6 is 0 Å². The van der Waals surface area contributed by atoms with Crippen molar-refractivity contribution in [2.45, 2.75) is 45.9 Å². The highest BCUT2D eigenvalue weighted by Gasteiger charge is 2.24. The van der Waals surface area contributed by atoms with Gasteiger partial charge in [-0.05, 0) is 39.4 Å². The van der Waals surface area contributed by atoms with Gasteiger partial charge in [-0.15, -0.1) is 0 Å². The number of nitrogens with two attached hydrogens (primary N) is 1. The van der Waals surface area contributed by atoms with Gasteiger partial charge in [-0.2, -0.15) is 0 Å². The largest absolute Gasteiger partial charge is 0.467 e. The Balaban J connectivity index is 2.27. The molecule has 1 aromatic carbocycles. The van der Waals surface area contributed by atoms with Crippen molar-refractivity contribution in [3.63, 3.8) is 0 Å². The fourth-order valence-corrected chi connectivity index (χ4v) is 2.18. The van der Waals surface area contributed by atoms with Gasteiger partial charge < -0.3 is 15.2 Å². The van der Waals surface area contributed by atoms with Crippen LogP contribution in [0.4, 0.5) is 5.69 Å². The van der Waals surface area contributed by atoms with Gasteiger partial charge in [0, 0.05) is 28.9 Å². The molecule has 0 amide bonds. The van der Waals surface area contributed by atoms with E-state index in [0.29, 0.717) is 13.4 Å². The highest BCUT2D eigenvalue weighted by molar-refractivity contribution is 5.53. The van der Waals surface area contributed by atoms with Gasteiger partial charge in [-0.3, -0.25) is 4.90 Å². The van der Waals surface area contributed by atoms with Crippen LogP contribution in [0.3, 0.4) is 0 Å². The molecular formula is C15H24N2O2. The summed E-state index contributed by atoms with van der Waals surface area (Å²) in [5.41, 5.74) is 9.08. The van der Waals surface area contributed by atoms with Crippen LogP contribution in [-0.4, -0.2) is 24.3 Å². The Morgan fingerprint density at radius 2 is 2.11 bits per heavy atom. The Kier molecular flexibility index (Phi) is 4.02. The number of nitrogen functional groups attached to an aromatic ring is 1. The number of fused-ring (bicyclic) bond motifs is 1. The van der Waals surface area contributed by atoms with E-state index in [1.165, 1.54) is 0 Å². The summed E-state index contributed by atoms with van der Waals surface area (Å²) in [6.07, 6.45) is 1.10. The molecule has 19 heavy (non-hydrogen) atoms. The molecule has 106 valence electrons. The van der Waals surface area contributed by atoms with Crippen LogP contribution in [0.2, 0.25) is 0 Å². The third-order valence-electron chi connectivity index (χ3n) is 4.12. The molecule has 0 spiro atoms. The number of benzene rings is 1. The number of hydrogen-bond acceptors (Lipinski definition) is 4. The predicted molar refractivity (Wildman–Crippen MR) is 77.0 cm³/mol. The third-order valence-corrected chi connectivity index (χ3v) is 4.12. The van der Waals surface area contributed by atoms with Crippen molar-refractivity contribution in [2.75, 3.05) is 19.6 Å². The lowest BCUT2D eigenvalue weighted by molar-refractivity contribution is -0.0177. The lowest BCUT2D eigenvalue weighted by Crippen LogP contribution is -2.40. The van der Waals surface area contributed by atoms with E-state index in [0.717, 1.165) is 35.5 Å². The van der Waals surface area contributed by atoms with Crippen molar-refractivity contribution in [2.24, 2.45) is 0 Å². The molecule has 4 heteroatoms. The number of rotatable bonds is 4. The molecular weight excluding hydrogens is 240 g/mol. The lowest BCUT2D eigenvalue weighted by Gasteiger charge is -2.35. The van der Waals surface area contributed by atoms with E-state index >= 15 is 0 Å². The average molecular weight is 264 g/mol. The van der Waals surface area contributed by atoms with Gasteiger partial charge in [0.05, 0.1) is 6.61 Å². The topological polar surface area (TPSA) is 47.7 Å². The molecule has 0 fully saturated rings. The van der Waals surface area contributed by atoms with Crippen molar-refractivity contribution in [1.82, 2.24) is 4.90 Å². The Labute approximate surface area is 115 Å². The second-order valence-corrected chi connectivity index (χ2v) is 5.80. The highest BCUT2D eigenvalue weighted by Crippen LogP contribution is 2.32. The molecule has 0 saturated carbocycles. The smallest absolute Gasteiger partial charge is 0.189 e. The molecule has 0 aromatic heterocycles. The molecule has 0 bridgehead atoms. The molecule has 0 aliphatic carbocycles. The fraction of sp³-hybridized carbons (Fsp3) is 0.600. The van der Waals surface area contributed by atoms with Gasteiger partial charge >= 0.3 is 0 Å². The number of hydrogen-bond donors (Lipinski definition) is 1. The second kappa shape index (κ2) is 5.39. The number of ether oxygens (including phenoxy) is 2. The maximum Gasteiger partial charge on any atom is 0.189 e. The molecule has 1 aromatic rings. The average Bonchev–Trinajstić information content (AvgIpc) is 2.38. The maximum absolute atomic E-state index is 5.97. The van der Waals surface area contributed by atoms with Crippen molar-refractivity contribution >= 4 is 5.69 Å². The summed E-state index contributed by atoms with van der Waals surface area (Å²) in [7, 11) is 2.14. The molecule has 2 rings (SSSR count). The lowest BCUT2D eigenvalue weighted by atomic mass is 9.98. The molecule has 0 saturated heterocycles. The van der Waals surface area contributed by atoms with E-state index in [4.69, 9.17) is 15.2 Å². The zero-order valence-corrected chi connectivity index (χ0v) is 12.3. The standard InChI is InChI=1S/C15H24N2O2/c1-5-15(2,3)17(4)8-11-6-13(16)7-12-9-18-10-19-14(11)12/h6-7H,5,8-10,16H2,1-4H3. The van der Waals surface area contributed by atoms with Gasteiger partial charge in [-0.25, -0.2) is 0 Å². The molecule has 1 heterocycles. The Hall–Kier alpha value is -1.26. The molecule has 4 nitrogen and oxygen atoms in total. The highest BCUT2D eigenvalue weighted by atomic mass is 16.7. The summed E-state index contributed by atoms with van der Waals surface area (Å²) >= 11 is 0. The van der Waals surface area contributed by atoms with Crippen molar-refractivity contribution in [3.05, 3.63) is 23.3 Å². The first-order chi connectivity index (χ1) is 8.94. The van der Waals surface area contributed by atoms with E-state index in [2.05, 4.69) is 32.7 Å². The summed E-state index contributed by atoms with van der Waals surface area (Å²) in [5, 5.41) is 0. The van der Waals surface area contributed by atoms with Gasteiger partial charge in [0.1, 0.15) is 5.75 Å². The maximum atomic E-state index is 5.97. The first-order valence-corrected chi connectivity index (χ1v) is 6.77. The summed E-state index contributed by atoms with van der Waals surface area (Å²) in [4.78, 5) is 2.33. The van der Waals surface area contributed by atoms with Crippen LogP contribution in [0.5, 0.6) is 5.75 Å². The van der Waals surface area contributed by atoms with Crippen LogP contribution in [-0.2, 0) is 17.9 Å². The van der Waals surface area contributed by atoms with Crippen LogP contribution in [0.15, 0.2) is 12.1 Å². The zero-order valence-electron chi connectivity index (χ0n) is 12.3. The first-order valence-electron chi connectivity index (χ1n) is 6.77. The van der Waals surface area contributed by atoms with E-state index in [9.17, 15) is 0 Å². The van der Waals surface area contributed by atoms with E-state index < -0.39 is 0 Å². The molecule has 2 N–H and O–H groups in total. The molecule has 0 radical (unpaired) electrons. The Morgan fingerprint density at radius 1 is 1.37 bits per heavy atom. The minimum absolute atomic E-state index is 0.155. The summed E-state index contributed by atoms with van der Waals surface area (Å²) < 4.78 is 11.0. The van der Waals surface area contributed by atoms with Crippen molar-refractivity contribution in [1.29, 1.82) is 0 Å².